The highest BCUT2D eigenvalue weighted by Gasteiger charge is 2.04. The molecule has 1 heterocycles. The van der Waals surface area contributed by atoms with Crippen molar-refractivity contribution in [2.75, 3.05) is 7.11 Å². The molecule has 0 aliphatic heterocycles. The van der Waals surface area contributed by atoms with Gasteiger partial charge in [0.25, 0.3) is 0 Å². The fourth-order valence-corrected chi connectivity index (χ4v) is 1.75. The normalized spacial score (nSPS) is 10.1. The molecule has 0 N–H and O–H groups in total. The molecule has 0 spiro atoms. The van der Waals surface area contributed by atoms with Gasteiger partial charge in [-0.2, -0.15) is 0 Å². The number of aromatic nitrogens is 1. The number of terminal acetylenes is 1. The molecule has 0 aliphatic rings. The van der Waals surface area contributed by atoms with Gasteiger partial charge >= 0.3 is 0 Å². The van der Waals surface area contributed by atoms with Gasteiger partial charge < -0.3 is 9.30 Å². The number of benzene rings is 1. The van der Waals surface area contributed by atoms with Crippen molar-refractivity contribution in [2.24, 2.45) is 0 Å². The zero-order valence-corrected chi connectivity index (χ0v) is 8.73. The lowest BCUT2D eigenvalue weighted by Crippen LogP contribution is -1.94. The smallest absolute Gasteiger partial charge is 0.128 e. The van der Waals surface area contributed by atoms with Crippen molar-refractivity contribution >= 4 is 10.9 Å². The van der Waals surface area contributed by atoms with Gasteiger partial charge in [-0.05, 0) is 18.2 Å². The maximum absolute atomic E-state index is 5.29. The first-order chi connectivity index (χ1) is 7.36. The number of hydrogen-bond donors (Lipinski definition) is 0. The molecule has 0 unspecified atom stereocenters. The van der Waals surface area contributed by atoms with E-state index < -0.39 is 0 Å². The molecule has 2 aromatic rings. The molecule has 2 heteroatoms. The third-order valence-corrected chi connectivity index (χ3v) is 2.49. The first kappa shape index (κ1) is 9.67. The molecule has 1 aromatic heterocycles. The molecule has 0 bridgehead atoms. The minimum absolute atomic E-state index is 0.751. The van der Waals surface area contributed by atoms with Gasteiger partial charge in [0, 0.05) is 24.5 Å². The Morgan fingerprint density at radius 3 is 3.00 bits per heavy atom. The predicted molar refractivity (Wildman–Crippen MR) is 61.9 cm³/mol. The van der Waals surface area contributed by atoms with E-state index in [0.717, 1.165) is 24.1 Å². The van der Waals surface area contributed by atoms with Crippen molar-refractivity contribution in [3.8, 4) is 18.1 Å². The SMILES string of the molecule is C#CCCn1ccc2c(OC)cccc21. The Labute approximate surface area is 89.5 Å². The average molecular weight is 199 g/mol. The van der Waals surface area contributed by atoms with Crippen LogP contribution >= 0.6 is 0 Å². The van der Waals surface area contributed by atoms with E-state index in [-0.39, 0.29) is 0 Å². The minimum atomic E-state index is 0.751. The maximum Gasteiger partial charge on any atom is 0.128 e. The molecule has 2 rings (SSSR count). The van der Waals surface area contributed by atoms with Gasteiger partial charge in [-0.3, -0.25) is 0 Å². The lowest BCUT2D eigenvalue weighted by Gasteiger charge is -2.04. The number of rotatable bonds is 3. The molecule has 0 amide bonds. The van der Waals surface area contributed by atoms with Gasteiger partial charge in [-0.25, -0.2) is 0 Å². The highest BCUT2D eigenvalue weighted by molar-refractivity contribution is 5.86. The van der Waals surface area contributed by atoms with Crippen LogP contribution in [0.4, 0.5) is 0 Å². The fraction of sp³-hybridized carbons (Fsp3) is 0.231. The van der Waals surface area contributed by atoms with Crippen molar-refractivity contribution in [3.63, 3.8) is 0 Å². The second-order valence-electron chi connectivity index (χ2n) is 3.36. The lowest BCUT2D eigenvalue weighted by atomic mass is 10.2. The van der Waals surface area contributed by atoms with Gasteiger partial charge in [0.15, 0.2) is 0 Å². The van der Waals surface area contributed by atoms with E-state index in [2.05, 4.69) is 22.6 Å². The summed E-state index contributed by atoms with van der Waals surface area (Å²) in [5, 5.41) is 1.14. The second kappa shape index (κ2) is 4.10. The number of aryl methyl sites for hydroxylation is 1. The molecule has 0 aliphatic carbocycles. The summed E-state index contributed by atoms with van der Waals surface area (Å²) in [6, 6.07) is 8.10. The summed E-state index contributed by atoms with van der Waals surface area (Å²) in [6.07, 6.45) is 8.05. The molecule has 0 saturated heterocycles. The van der Waals surface area contributed by atoms with Gasteiger partial charge in [-0.1, -0.05) is 6.07 Å². The predicted octanol–water partition coefficient (Wildman–Crippen LogP) is 2.67. The third kappa shape index (κ3) is 1.69. The molecule has 1 aromatic carbocycles. The van der Waals surface area contributed by atoms with Crippen LogP contribution < -0.4 is 4.74 Å². The molecule has 0 fully saturated rings. The van der Waals surface area contributed by atoms with E-state index in [4.69, 9.17) is 11.2 Å². The molecular weight excluding hydrogens is 186 g/mol. The standard InChI is InChI=1S/C13H13NO/c1-3-4-9-14-10-8-11-12(14)6-5-7-13(11)15-2/h1,5-8,10H,4,9H2,2H3. The first-order valence-corrected chi connectivity index (χ1v) is 4.92. The van der Waals surface area contributed by atoms with E-state index >= 15 is 0 Å². The minimum Gasteiger partial charge on any atom is -0.496 e. The number of hydrogen-bond acceptors (Lipinski definition) is 1. The Morgan fingerprint density at radius 1 is 1.40 bits per heavy atom. The molecule has 15 heavy (non-hydrogen) atoms. The van der Waals surface area contributed by atoms with Crippen molar-refractivity contribution in [3.05, 3.63) is 30.5 Å². The van der Waals surface area contributed by atoms with Gasteiger partial charge in [0.05, 0.1) is 12.6 Å². The van der Waals surface area contributed by atoms with E-state index in [1.54, 1.807) is 7.11 Å². The van der Waals surface area contributed by atoms with Crippen LogP contribution in [-0.2, 0) is 6.54 Å². The lowest BCUT2D eigenvalue weighted by molar-refractivity contribution is 0.420. The maximum atomic E-state index is 5.29. The van der Waals surface area contributed by atoms with Crippen LogP contribution in [0.2, 0.25) is 0 Å². The zero-order valence-electron chi connectivity index (χ0n) is 8.73. The Kier molecular flexibility index (Phi) is 2.64. The fourth-order valence-electron chi connectivity index (χ4n) is 1.75. The van der Waals surface area contributed by atoms with E-state index in [0.29, 0.717) is 0 Å². The summed E-state index contributed by atoms with van der Waals surface area (Å²) >= 11 is 0. The highest BCUT2D eigenvalue weighted by atomic mass is 16.5. The topological polar surface area (TPSA) is 14.2 Å². The molecule has 76 valence electrons. The van der Waals surface area contributed by atoms with Crippen molar-refractivity contribution in [1.29, 1.82) is 0 Å². The molecule has 2 nitrogen and oxygen atoms in total. The Balaban J connectivity index is 2.47. The van der Waals surface area contributed by atoms with E-state index in [1.165, 1.54) is 5.52 Å². The Hall–Kier alpha value is -1.88. The van der Waals surface area contributed by atoms with Gasteiger partial charge in [0.2, 0.25) is 0 Å². The highest BCUT2D eigenvalue weighted by Crippen LogP contribution is 2.26. The van der Waals surface area contributed by atoms with Gasteiger partial charge in [0.1, 0.15) is 5.75 Å². The van der Waals surface area contributed by atoms with Crippen LogP contribution in [0.25, 0.3) is 10.9 Å². The van der Waals surface area contributed by atoms with Crippen LogP contribution in [0.5, 0.6) is 5.75 Å². The second-order valence-corrected chi connectivity index (χ2v) is 3.36. The molecule has 0 radical (unpaired) electrons. The summed E-state index contributed by atoms with van der Waals surface area (Å²) in [5.41, 5.74) is 1.17. The van der Waals surface area contributed by atoms with Crippen molar-refractivity contribution in [1.82, 2.24) is 4.57 Å². The summed E-state index contributed by atoms with van der Waals surface area (Å²) in [5.74, 6) is 3.56. The molecule has 0 atom stereocenters. The Morgan fingerprint density at radius 2 is 2.27 bits per heavy atom. The van der Waals surface area contributed by atoms with Crippen LogP contribution in [0.3, 0.4) is 0 Å². The van der Waals surface area contributed by atoms with Gasteiger partial charge in [-0.15, -0.1) is 12.3 Å². The van der Waals surface area contributed by atoms with Crippen LogP contribution in [-0.4, -0.2) is 11.7 Å². The zero-order chi connectivity index (χ0) is 10.7. The molecular formula is C13H13NO. The third-order valence-electron chi connectivity index (χ3n) is 2.49. The van der Waals surface area contributed by atoms with Crippen molar-refractivity contribution in [2.45, 2.75) is 13.0 Å². The van der Waals surface area contributed by atoms with Crippen LogP contribution in [0.15, 0.2) is 30.5 Å². The largest absolute Gasteiger partial charge is 0.496 e. The summed E-state index contributed by atoms with van der Waals surface area (Å²) < 4.78 is 7.44. The summed E-state index contributed by atoms with van der Waals surface area (Å²) in [6.45, 7) is 0.854. The molecule has 0 saturated carbocycles. The quantitative estimate of drug-likeness (QED) is 0.693. The van der Waals surface area contributed by atoms with E-state index in [9.17, 15) is 0 Å². The first-order valence-electron chi connectivity index (χ1n) is 4.92. The van der Waals surface area contributed by atoms with Crippen molar-refractivity contribution < 1.29 is 4.74 Å². The monoisotopic (exact) mass is 199 g/mol. The average Bonchev–Trinajstić information content (AvgIpc) is 2.69. The van der Waals surface area contributed by atoms with E-state index in [1.807, 2.05) is 18.3 Å². The number of fused-ring (bicyclic) bond motifs is 1. The summed E-state index contributed by atoms with van der Waals surface area (Å²) in [4.78, 5) is 0. The van der Waals surface area contributed by atoms with Crippen LogP contribution in [0, 0.1) is 12.3 Å². The Bertz CT molecular complexity index is 505. The summed E-state index contributed by atoms with van der Waals surface area (Å²) in [7, 11) is 1.69. The number of nitrogens with zero attached hydrogens (tertiary/aromatic N) is 1. The number of methoxy groups -OCH3 is 1. The number of ether oxygens (including phenoxy) is 1. The van der Waals surface area contributed by atoms with Crippen LogP contribution in [0.1, 0.15) is 6.42 Å².